The lowest BCUT2D eigenvalue weighted by Crippen LogP contribution is -2.26. The predicted octanol–water partition coefficient (Wildman–Crippen LogP) is 38.5. The number of hydrogen-bond donors (Lipinski definition) is 0. The first-order valence-electron chi connectivity index (χ1n) is 47.8. The Morgan fingerprint density at radius 2 is 0.370 bits per heavy atom. The summed E-state index contributed by atoms with van der Waals surface area (Å²) in [5.74, 6) is 0. The molecule has 32 rings (SSSR count). The van der Waals surface area contributed by atoms with E-state index in [1.54, 1.807) is 0 Å². The van der Waals surface area contributed by atoms with Crippen LogP contribution in [-0.2, 0) is 10.8 Å². The van der Waals surface area contributed by atoms with Gasteiger partial charge in [-0.25, -0.2) is 0 Å². The summed E-state index contributed by atoms with van der Waals surface area (Å²) in [6.45, 7) is 0. The van der Waals surface area contributed by atoms with E-state index in [0.29, 0.717) is 0 Å². The molecular formula is C134H76S4. The summed E-state index contributed by atoms with van der Waals surface area (Å²) in [7, 11) is 0. The standard InChI is InChI=1S/2C67H38S2/c1-2-18-40-39(17-1)37-56(64-63(40)53-23-5-10-34-59(53)67(64)57-32-8-3-19-43(57)44-20-4-9-33-58(44)67)62-47-26-13-24-41(49-28-15-30-51-45-21-6-11-35-60(45)68-65(49)51)54(47)38-55-42(25-14-27-48(55)62)50-29-16-31-52-46-22-7-12-36-61(46)69-66(50)52;1-2-18-40-39(17-1)37-54(66-65(40)49-21-5-10-32-57(49)67(66)55-30-8-3-19-43(55)44-20-4-9-31-56(44)67)62-47-26-13-24-41(45-28-15-35-60-63(45)50-22-6-11-33-58(50)68-60)52(47)38-53-42(25-14-27-48(53)62)46-29-16-36-61-64(46)51-23-7-12-34-59(51)69-61/h2*1-38H. The lowest BCUT2D eigenvalue weighted by molar-refractivity contribution is 0.796. The lowest BCUT2D eigenvalue weighted by atomic mass is 9.68. The van der Waals surface area contributed by atoms with Crippen molar-refractivity contribution in [3.05, 3.63) is 506 Å². The van der Waals surface area contributed by atoms with Crippen molar-refractivity contribution >= 4 is 191 Å². The molecule has 0 atom stereocenters. The maximum absolute atomic E-state index is 2.55. The molecule has 2 spiro atoms. The van der Waals surface area contributed by atoms with Gasteiger partial charge in [0, 0.05) is 91.8 Å². The van der Waals surface area contributed by atoms with Gasteiger partial charge in [-0.15, -0.1) is 45.3 Å². The highest BCUT2D eigenvalue weighted by atomic mass is 32.1. The molecule has 4 aliphatic carbocycles. The summed E-state index contributed by atoms with van der Waals surface area (Å²) < 4.78 is 10.6. The van der Waals surface area contributed by atoms with Crippen LogP contribution >= 0.6 is 45.3 Å². The Balaban J connectivity index is 0.000000128. The van der Waals surface area contributed by atoms with Gasteiger partial charge in [0.1, 0.15) is 0 Å². The smallest absolute Gasteiger partial charge is 0.0731 e. The third-order valence-corrected chi connectivity index (χ3v) is 36.1. The number of hydrogen-bond acceptors (Lipinski definition) is 4. The maximum atomic E-state index is 2.55. The van der Waals surface area contributed by atoms with E-state index < -0.39 is 10.8 Å². The Labute approximate surface area is 811 Å². The second-order valence-electron chi connectivity index (χ2n) is 37.8. The molecule has 4 heterocycles. The molecule has 0 saturated carbocycles. The molecule has 0 saturated heterocycles. The van der Waals surface area contributed by atoms with Gasteiger partial charge in [-0.05, 0) is 270 Å². The number of benzene rings is 24. The van der Waals surface area contributed by atoms with Gasteiger partial charge in [-0.1, -0.05) is 400 Å². The van der Waals surface area contributed by atoms with Gasteiger partial charge < -0.3 is 0 Å². The first-order valence-corrected chi connectivity index (χ1v) is 51.1. The Morgan fingerprint density at radius 3 is 0.732 bits per heavy atom. The van der Waals surface area contributed by atoms with Gasteiger partial charge in [-0.2, -0.15) is 0 Å². The lowest BCUT2D eigenvalue weighted by Gasteiger charge is -2.33. The molecule has 4 aliphatic rings. The minimum atomic E-state index is -0.551. The van der Waals surface area contributed by atoms with Gasteiger partial charge in [0.15, 0.2) is 0 Å². The topological polar surface area (TPSA) is 0 Å². The van der Waals surface area contributed by atoms with E-state index in [0.717, 1.165) is 0 Å². The van der Waals surface area contributed by atoms with Gasteiger partial charge in [0.05, 0.1) is 10.8 Å². The zero-order chi connectivity index (χ0) is 89.9. The Bertz CT molecular complexity index is 9850. The van der Waals surface area contributed by atoms with Crippen molar-refractivity contribution in [2.45, 2.75) is 10.8 Å². The van der Waals surface area contributed by atoms with E-state index in [1.165, 1.54) is 301 Å². The normalized spacial score (nSPS) is 13.3. The second kappa shape index (κ2) is 29.1. The van der Waals surface area contributed by atoms with Crippen molar-refractivity contribution in [3.63, 3.8) is 0 Å². The van der Waals surface area contributed by atoms with Gasteiger partial charge in [-0.3, -0.25) is 0 Å². The molecule has 0 nitrogen and oxygen atoms in total. The number of fused-ring (bicyclic) bond motifs is 40. The molecule has 0 amide bonds. The molecule has 0 unspecified atom stereocenters. The first-order chi connectivity index (χ1) is 68.5. The van der Waals surface area contributed by atoms with Crippen LogP contribution in [0.5, 0.6) is 0 Å². The highest BCUT2D eigenvalue weighted by Crippen LogP contribution is 2.70. The molecular weight excluding hydrogens is 1740 g/mol. The number of rotatable bonds is 6. The molecule has 28 aromatic rings. The third-order valence-electron chi connectivity index (χ3n) is 31.3. The summed E-state index contributed by atoms with van der Waals surface area (Å²) in [4.78, 5) is 0. The Morgan fingerprint density at radius 1 is 0.130 bits per heavy atom. The van der Waals surface area contributed by atoms with Crippen LogP contribution < -0.4 is 0 Å². The number of thiophene rings is 4. The van der Waals surface area contributed by atoms with Crippen molar-refractivity contribution in [1.29, 1.82) is 0 Å². The fourth-order valence-electron chi connectivity index (χ4n) is 26.1. The average Bonchev–Trinajstić information content (AvgIpc) is 1.49. The zero-order valence-corrected chi connectivity index (χ0v) is 77.8. The summed E-state index contributed by atoms with van der Waals surface area (Å²) in [6, 6.07) is 176. The highest BCUT2D eigenvalue weighted by molar-refractivity contribution is 7.27. The third kappa shape index (κ3) is 10.4. The zero-order valence-electron chi connectivity index (χ0n) is 74.5. The van der Waals surface area contributed by atoms with E-state index >= 15 is 0 Å². The predicted molar refractivity (Wildman–Crippen MR) is 595 cm³/mol. The fraction of sp³-hybridized carbons (Fsp3) is 0.0149. The quantitative estimate of drug-likeness (QED) is 0.146. The van der Waals surface area contributed by atoms with Crippen LogP contribution in [0.15, 0.2) is 461 Å². The fourth-order valence-corrected chi connectivity index (χ4v) is 30.8. The van der Waals surface area contributed by atoms with Crippen LogP contribution in [0.3, 0.4) is 0 Å². The van der Waals surface area contributed by atoms with Crippen LogP contribution in [0.2, 0.25) is 0 Å². The van der Waals surface area contributed by atoms with Crippen molar-refractivity contribution in [3.8, 4) is 111 Å². The van der Waals surface area contributed by atoms with Crippen LogP contribution in [0.25, 0.3) is 257 Å². The van der Waals surface area contributed by atoms with Crippen LogP contribution in [-0.4, -0.2) is 0 Å². The van der Waals surface area contributed by atoms with Crippen LogP contribution in [0, 0.1) is 0 Å². The van der Waals surface area contributed by atoms with Gasteiger partial charge in [0.2, 0.25) is 0 Å². The highest BCUT2D eigenvalue weighted by Gasteiger charge is 2.56. The average molecular weight is 1810 g/mol. The Hall–Kier alpha value is -16.3. The first kappa shape index (κ1) is 77.1. The van der Waals surface area contributed by atoms with Crippen LogP contribution in [0.1, 0.15) is 44.5 Å². The minimum Gasteiger partial charge on any atom is -0.135 e. The SMILES string of the molecule is c1ccc2c(c1)-c1ccccc1C21c2ccccc2-c2c1c(-c1c3cccc(-c4cccc5c4sc4ccccc45)c3cc3c(-c4cccc5c4sc4ccccc45)cccc13)cc1ccccc21.c1ccc2c(c1)-c1ccccc1C21c2ccccc2-c2c1c(-c1c3cccc(-c4cccc5sc6ccccc6c45)c3cc3c(-c4cccc5sc6ccccc6c45)cccc13)cc1ccccc21. The second-order valence-corrected chi connectivity index (χ2v) is 42.1. The monoisotopic (exact) mass is 1810 g/mol. The van der Waals surface area contributed by atoms with Crippen molar-refractivity contribution in [2.24, 2.45) is 0 Å². The van der Waals surface area contributed by atoms with E-state index in [4.69, 9.17) is 0 Å². The molecule has 138 heavy (non-hydrogen) atoms. The molecule has 0 aliphatic heterocycles. The molecule has 0 bridgehead atoms. The van der Waals surface area contributed by atoms with Crippen molar-refractivity contribution in [1.82, 2.24) is 0 Å². The van der Waals surface area contributed by atoms with Crippen molar-refractivity contribution in [2.75, 3.05) is 0 Å². The summed E-state index contributed by atoms with van der Waals surface area (Å²) >= 11 is 7.60. The van der Waals surface area contributed by atoms with E-state index in [9.17, 15) is 0 Å². The molecule has 24 aromatic carbocycles. The molecule has 636 valence electrons. The van der Waals surface area contributed by atoms with Gasteiger partial charge >= 0.3 is 0 Å². The van der Waals surface area contributed by atoms with E-state index in [1.807, 2.05) is 45.3 Å². The molecule has 4 aromatic heterocycles. The molecule has 0 radical (unpaired) electrons. The molecule has 0 fully saturated rings. The van der Waals surface area contributed by atoms with Crippen molar-refractivity contribution < 1.29 is 0 Å². The maximum Gasteiger partial charge on any atom is 0.0731 e. The molecule has 0 N–H and O–H groups in total. The van der Waals surface area contributed by atoms with Crippen LogP contribution in [0.4, 0.5) is 0 Å². The minimum absolute atomic E-state index is 0.548. The summed E-state index contributed by atoms with van der Waals surface area (Å²) in [6.07, 6.45) is 0. The molecule has 4 heteroatoms. The summed E-state index contributed by atoms with van der Waals surface area (Å²) in [5, 5.41) is 25.7. The van der Waals surface area contributed by atoms with Gasteiger partial charge in [0.25, 0.3) is 0 Å². The largest absolute Gasteiger partial charge is 0.135 e. The Kier molecular flexibility index (Phi) is 16.3. The summed E-state index contributed by atoms with van der Waals surface area (Å²) in [5.41, 5.74) is 35.6. The van der Waals surface area contributed by atoms with E-state index in [2.05, 4.69) is 461 Å². The van der Waals surface area contributed by atoms with E-state index in [-0.39, 0.29) is 0 Å².